The molecule has 2 aromatic carbocycles. The monoisotopic (exact) mass is 433 g/mol. The number of halogens is 2. The Morgan fingerprint density at radius 2 is 1.79 bits per heavy atom. The van der Waals surface area contributed by atoms with E-state index in [0.717, 1.165) is 5.56 Å². The second-order valence-corrected chi connectivity index (χ2v) is 7.52. The van der Waals surface area contributed by atoms with Gasteiger partial charge < -0.3 is 9.64 Å². The summed E-state index contributed by atoms with van der Waals surface area (Å²) in [6.45, 7) is 1.05. The lowest BCUT2D eigenvalue weighted by molar-refractivity contribution is -0.126. The number of benzene rings is 2. The van der Waals surface area contributed by atoms with Gasteiger partial charge in [-0.05, 0) is 54.8 Å². The van der Waals surface area contributed by atoms with E-state index in [1.165, 1.54) is 6.21 Å². The minimum atomic E-state index is -0.180. The molecule has 0 aliphatic carbocycles. The largest absolute Gasteiger partial charge is 0.497 e. The van der Waals surface area contributed by atoms with Crippen molar-refractivity contribution >= 4 is 41.2 Å². The molecule has 1 heterocycles. The van der Waals surface area contributed by atoms with Gasteiger partial charge in [0, 0.05) is 24.6 Å². The van der Waals surface area contributed by atoms with Gasteiger partial charge in [-0.25, -0.2) is 5.43 Å². The smallest absolute Gasteiger partial charge is 0.253 e. The molecule has 3 rings (SSSR count). The Balaban J connectivity index is 1.49. The summed E-state index contributed by atoms with van der Waals surface area (Å²) in [5, 5.41) is 4.88. The number of nitrogens with zero attached hydrogens (tertiary/aromatic N) is 2. The first-order valence-corrected chi connectivity index (χ1v) is 9.95. The summed E-state index contributed by atoms with van der Waals surface area (Å²) >= 11 is 11.8. The fourth-order valence-electron chi connectivity index (χ4n) is 3.12. The number of carbonyl (C=O) groups excluding carboxylic acids is 2. The lowest BCUT2D eigenvalue weighted by atomic mass is 9.95. The summed E-state index contributed by atoms with van der Waals surface area (Å²) in [5.74, 6) is 0.334. The highest BCUT2D eigenvalue weighted by Crippen LogP contribution is 2.22. The van der Waals surface area contributed by atoms with Gasteiger partial charge in [-0.2, -0.15) is 5.10 Å². The highest BCUT2D eigenvalue weighted by atomic mass is 35.5. The number of piperidine rings is 1. The first kappa shape index (κ1) is 21.1. The summed E-state index contributed by atoms with van der Waals surface area (Å²) in [6, 6.07) is 12.1. The van der Waals surface area contributed by atoms with Gasteiger partial charge in [-0.15, -0.1) is 0 Å². The number of nitrogens with one attached hydrogen (secondary N) is 1. The zero-order valence-electron chi connectivity index (χ0n) is 15.9. The van der Waals surface area contributed by atoms with Crippen LogP contribution in [0.2, 0.25) is 10.0 Å². The van der Waals surface area contributed by atoms with Crippen molar-refractivity contribution in [3.8, 4) is 5.75 Å². The summed E-state index contributed by atoms with van der Waals surface area (Å²) in [5.41, 5.74) is 3.91. The fourth-order valence-corrected chi connectivity index (χ4v) is 3.42. The van der Waals surface area contributed by atoms with Crippen LogP contribution in [0.15, 0.2) is 47.6 Å². The van der Waals surface area contributed by atoms with Crippen LogP contribution in [0.25, 0.3) is 0 Å². The normalized spacial score (nSPS) is 14.8. The van der Waals surface area contributed by atoms with E-state index in [1.54, 1.807) is 54.5 Å². The Kier molecular flexibility index (Phi) is 7.12. The van der Waals surface area contributed by atoms with E-state index in [-0.39, 0.29) is 17.7 Å². The number of methoxy groups -OCH3 is 1. The van der Waals surface area contributed by atoms with Crippen molar-refractivity contribution in [3.05, 3.63) is 63.6 Å². The molecule has 8 heteroatoms. The molecule has 2 aromatic rings. The van der Waals surface area contributed by atoms with E-state index < -0.39 is 0 Å². The van der Waals surface area contributed by atoms with Crippen molar-refractivity contribution in [1.29, 1.82) is 0 Å². The number of hydrogen-bond donors (Lipinski definition) is 1. The molecule has 1 aliphatic heterocycles. The summed E-state index contributed by atoms with van der Waals surface area (Å²) in [7, 11) is 1.58. The zero-order chi connectivity index (χ0) is 20.8. The summed E-state index contributed by atoms with van der Waals surface area (Å²) in [4.78, 5) is 26.7. The van der Waals surface area contributed by atoms with Gasteiger partial charge >= 0.3 is 0 Å². The molecule has 0 saturated carbocycles. The maximum Gasteiger partial charge on any atom is 0.253 e. The van der Waals surface area contributed by atoms with Crippen LogP contribution in [-0.2, 0) is 4.79 Å². The Labute approximate surface area is 179 Å². The van der Waals surface area contributed by atoms with E-state index in [9.17, 15) is 9.59 Å². The lowest BCUT2D eigenvalue weighted by Gasteiger charge is -2.31. The molecule has 0 radical (unpaired) electrons. The van der Waals surface area contributed by atoms with Crippen molar-refractivity contribution in [2.75, 3.05) is 20.2 Å². The molecule has 0 aromatic heterocycles. The Hall–Kier alpha value is -2.57. The number of likely N-dealkylation sites (tertiary alicyclic amines) is 1. The molecular weight excluding hydrogens is 413 g/mol. The molecule has 0 atom stereocenters. The molecule has 29 heavy (non-hydrogen) atoms. The maximum atomic E-state index is 12.6. The van der Waals surface area contributed by atoms with Crippen LogP contribution in [0.5, 0.6) is 5.75 Å². The van der Waals surface area contributed by atoms with E-state index in [0.29, 0.717) is 47.3 Å². The topological polar surface area (TPSA) is 71.0 Å². The average Bonchev–Trinajstić information content (AvgIpc) is 2.76. The minimum absolute atomic E-state index is 0.0378. The van der Waals surface area contributed by atoms with E-state index in [2.05, 4.69) is 10.5 Å². The third-order valence-electron chi connectivity index (χ3n) is 4.82. The molecule has 2 amide bonds. The molecule has 6 nitrogen and oxygen atoms in total. The SMILES string of the molecule is COc1ccc(C(=O)N2CCC(C(=O)N/N=C\c3ccc(Cl)c(Cl)c3)CC2)cc1. The fraction of sp³-hybridized carbons (Fsp3) is 0.286. The second-order valence-electron chi connectivity index (χ2n) is 6.70. The van der Waals surface area contributed by atoms with Gasteiger partial charge in [0.15, 0.2) is 0 Å². The van der Waals surface area contributed by atoms with Crippen LogP contribution in [0.4, 0.5) is 0 Å². The van der Waals surface area contributed by atoms with E-state index >= 15 is 0 Å². The minimum Gasteiger partial charge on any atom is -0.497 e. The number of amides is 2. The molecule has 152 valence electrons. The van der Waals surface area contributed by atoms with E-state index in [1.807, 2.05) is 0 Å². The van der Waals surface area contributed by atoms with Crippen LogP contribution >= 0.6 is 23.2 Å². The van der Waals surface area contributed by atoms with Gasteiger partial charge in [0.05, 0.1) is 23.4 Å². The van der Waals surface area contributed by atoms with Crippen molar-refractivity contribution in [2.24, 2.45) is 11.0 Å². The van der Waals surface area contributed by atoms with Gasteiger partial charge in [-0.1, -0.05) is 29.3 Å². The first-order valence-electron chi connectivity index (χ1n) is 9.19. The summed E-state index contributed by atoms with van der Waals surface area (Å²) in [6.07, 6.45) is 2.70. The zero-order valence-corrected chi connectivity index (χ0v) is 17.4. The third-order valence-corrected chi connectivity index (χ3v) is 5.56. The number of hydrazone groups is 1. The Morgan fingerprint density at radius 1 is 1.10 bits per heavy atom. The van der Waals surface area contributed by atoms with Crippen molar-refractivity contribution in [2.45, 2.75) is 12.8 Å². The Morgan fingerprint density at radius 3 is 2.41 bits per heavy atom. The molecule has 0 unspecified atom stereocenters. The number of rotatable bonds is 5. The number of hydrogen-bond acceptors (Lipinski definition) is 4. The van der Waals surface area contributed by atoms with Gasteiger partial charge in [0.1, 0.15) is 5.75 Å². The maximum absolute atomic E-state index is 12.6. The Bertz CT molecular complexity index is 908. The molecule has 0 spiro atoms. The molecular formula is C21H21Cl2N3O3. The van der Waals surface area contributed by atoms with Gasteiger partial charge in [0.2, 0.25) is 5.91 Å². The molecule has 1 saturated heterocycles. The van der Waals surface area contributed by atoms with Crippen molar-refractivity contribution in [1.82, 2.24) is 10.3 Å². The van der Waals surface area contributed by atoms with Crippen LogP contribution < -0.4 is 10.2 Å². The van der Waals surface area contributed by atoms with Crippen LogP contribution in [0, 0.1) is 5.92 Å². The van der Waals surface area contributed by atoms with Gasteiger partial charge in [0.25, 0.3) is 5.91 Å². The first-order chi connectivity index (χ1) is 14.0. The van der Waals surface area contributed by atoms with Crippen molar-refractivity contribution in [3.63, 3.8) is 0 Å². The highest BCUT2D eigenvalue weighted by Gasteiger charge is 2.27. The molecule has 0 bridgehead atoms. The highest BCUT2D eigenvalue weighted by molar-refractivity contribution is 6.42. The average molecular weight is 434 g/mol. The number of carbonyl (C=O) groups is 2. The second kappa shape index (κ2) is 9.76. The number of ether oxygens (including phenoxy) is 1. The lowest BCUT2D eigenvalue weighted by Crippen LogP contribution is -2.42. The van der Waals surface area contributed by atoms with Crippen LogP contribution in [0.1, 0.15) is 28.8 Å². The van der Waals surface area contributed by atoms with Crippen LogP contribution in [-0.4, -0.2) is 43.1 Å². The van der Waals surface area contributed by atoms with Crippen molar-refractivity contribution < 1.29 is 14.3 Å². The summed E-state index contributed by atoms with van der Waals surface area (Å²) < 4.78 is 5.11. The quantitative estimate of drug-likeness (QED) is 0.571. The predicted octanol–water partition coefficient (Wildman–Crippen LogP) is 4.00. The van der Waals surface area contributed by atoms with Gasteiger partial charge in [-0.3, -0.25) is 9.59 Å². The standard InChI is InChI=1S/C21H21Cl2N3O3/c1-29-17-5-3-16(4-6-17)21(28)26-10-8-15(9-11-26)20(27)25-24-13-14-2-7-18(22)19(23)12-14/h2-7,12-13,15H,8-11H2,1H3,(H,25,27)/b24-13-. The van der Waals surface area contributed by atoms with E-state index in [4.69, 9.17) is 27.9 Å². The molecule has 1 N–H and O–H groups in total. The predicted molar refractivity (Wildman–Crippen MR) is 114 cm³/mol. The molecule has 1 fully saturated rings. The van der Waals surface area contributed by atoms with Crippen LogP contribution in [0.3, 0.4) is 0 Å². The molecule has 1 aliphatic rings. The third kappa shape index (κ3) is 5.49.